The molecule has 0 bridgehead atoms. The van der Waals surface area contributed by atoms with Crippen LogP contribution in [0, 0.1) is 5.92 Å². The van der Waals surface area contributed by atoms with Gasteiger partial charge in [-0.25, -0.2) is 4.79 Å². The Kier molecular flexibility index (Phi) is 9.83. The van der Waals surface area contributed by atoms with Crippen LogP contribution in [0.4, 0.5) is 16.2 Å². The molecule has 3 aliphatic rings. The molecule has 6 rings (SSSR count). The van der Waals surface area contributed by atoms with Crippen molar-refractivity contribution >= 4 is 47.0 Å². The van der Waals surface area contributed by atoms with Crippen LogP contribution in [0.15, 0.2) is 77.7 Å². The quantitative estimate of drug-likeness (QED) is 0.296. The number of hydrogen-bond donors (Lipinski definition) is 1. The predicted octanol–water partition coefficient (Wildman–Crippen LogP) is 6.46. The van der Waals surface area contributed by atoms with Crippen molar-refractivity contribution in [2.75, 3.05) is 41.7 Å². The minimum absolute atomic E-state index is 0.0274. The van der Waals surface area contributed by atoms with Gasteiger partial charge >= 0.3 is 6.09 Å². The Labute approximate surface area is 287 Å². The standard InChI is InChI=1S/C38H44N4O5S/c1-25(43)39-18-20-41-33-22-30(15-16-34(33)48-24-35(41)44)42(29-13-14-29)36(45)32-23-40(37(46)47-38(2,3)4)19-17-31(32)28-12-8-11-27(21-28)26-9-6-5-7-10-26/h5-12,15-16,21-22,29,31-32H,13-14,17-20,23-24H2,1-4H3,(H,39,43)/t31-,32+/m1/s1. The Bertz CT molecular complexity index is 1690. The number of carbonyl (C=O) groups excluding carboxylic acids is 4. The first-order valence-corrected chi connectivity index (χ1v) is 17.7. The summed E-state index contributed by atoms with van der Waals surface area (Å²) >= 11 is 1.49. The summed E-state index contributed by atoms with van der Waals surface area (Å²) in [6.45, 7) is 8.43. The molecule has 0 spiro atoms. The molecule has 0 aromatic heterocycles. The van der Waals surface area contributed by atoms with Gasteiger partial charge in [0.1, 0.15) is 5.60 Å². The van der Waals surface area contributed by atoms with Crippen LogP contribution < -0.4 is 15.1 Å². The highest BCUT2D eigenvalue weighted by atomic mass is 32.2. The van der Waals surface area contributed by atoms with Crippen LogP contribution in [0.25, 0.3) is 11.1 Å². The lowest BCUT2D eigenvalue weighted by Gasteiger charge is -2.41. The van der Waals surface area contributed by atoms with Gasteiger partial charge in [-0.05, 0) is 80.8 Å². The van der Waals surface area contributed by atoms with E-state index in [1.54, 1.807) is 9.80 Å². The van der Waals surface area contributed by atoms with Crippen LogP contribution in [0.5, 0.6) is 0 Å². The Morgan fingerprint density at radius 2 is 1.71 bits per heavy atom. The number of ether oxygens (including phenoxy) is 1. The molecule has 1 aliphatic carbocycles. The first-order valence-electron chi connectivity index (χ1n) is 16.8. The number of carbonyl (C=O) groups is 4. The van der Waals surface area contributed by atoms with E-state index in [4.69, 9.17) is 4.74 Å². The largest absolute Gasteiger partial charge is 0.444 e. The van der Waals surface area contributed by atoms with Crippen molar-refractivity contribution in [2.24, 2.45) is 5.92 Å². The number of piperidine rings is 1. The summed E-state index contributed by atoms with van der Waals surface area (Å²) in [6, 6.07) is 24.6. The molecule has 252 valence electrons. The van der Waals surface area contributed by atoms with Crippen LogP contribution in [0.2, 0.25) is 0 Å². The third kappa shape index (κ3) is 7.70. The molecule has 1 saturated heterocycles. The third-order valence-corrected chi connectivity index (χ3v) is 10.1. The normalized spacial score (nSPS) is 19.4. The second-order valence-corrected chi connectivity index (χ2v) is 14.8. The Hall–Kier alpha value is -4.31. The van der Waals surface area contributed by atoms with Crippen molar-refractivity contribution in [2.45, 2.75) is 69.4 Å². The van der Waals surface area contributed by atoms with Gasteiger partial charge in [-0.15, -0.1) is 11.8 Å². The van der Waals surface area contributed by atoms with Crippen LogP contribution in [0.3, 0.4) is 0 Å². The molecular weight excluding hydrogens is 625 g/mol. The summed E-state index contributed by atoms with van der Waals surface area (Å²) in [5.41, 5.74) is 4.12. The van der Waals surface area contributed by atoms with Crippen molar-refractivity contribution in [3.63, 3.8) is 0 Å². The third-order valence-electron chi connectivity index (χ3n) is 9.03. The van der Waals surface area contributed by atoms with Crippen molar-refractivity contribution in [1.82, 2.24) is 10.2 Å². The highest BCUT2D eigenvalue weighted by Gasteiger charge is 2.44. The van der Waals surface area contributed by atoms with E-state index < -0.39 is 17.6 Å². The highest BCUT2D eigenvalue weighted by Crippen LogP contribution is 2.43. The molecule has 9 nitrogen and oxygen atoms in total. The smallest absolute Gasteiger partial charge is 0.410 e. The van der Waals surface area contributed by atoms with Gasteiger partial charge in [0.25, 0.3) is 0 Å². The Morgan fingerprint density at radius 1 is 0.958 bits per heavy atom. The van der Waals surface area contributed by atoms with E-state index in [9.17, 15) is 19.2 Å². The SMILES string of the molecule is CC(=O)NCCN1C(=O)CSc2ccc(N(C(=O)[C@H]3CN(C(=O)OC(C)(C)C)CC[C@@H]3c3cccc(-c4ccccc4)c3)C3CC3)cc21. The molecule has 0 radical (unpaired) electrons. The maximum atomic E-state index is 14.9. The fourth-order valence-electron chi connectivity index (χ4n) is 6.63. The molecule has 2 heterocycles. The van der Waals surface area contributed by atoms with E-state index in [1.165, 1.54) is 18.7 Å². The van der Waals surface area contributed by atoms with Gasteiger partial charge in [-0.1, -0.05) is 54.6 Å². The summed E-state index contributed by atoms with van der Waals surface area (Å²) in [5.74, 6) is -0.487. The summed E-state index contributed by atoms with van der Waals surface area (Å²) in [7, 11) is 0. The molecule has 3 aromatic carbocycles. The second-order valence-electron chi connectivity index (χ2n) is 13.8. The zero-order valence-corrected chi connectivity index (χ0v) is 28.9. The minimum Gasteiger partial charge on any atom is -0.444 e. The number of rotatable bonds is 8. The molecule has 0 unspecified atom stereocenters. The molecule has 3 aromatic rings. The van der Waals surface area contributed by atoms with Crippen LogP contribution in [-0.2, 0) is 19.1 Å². The number of fused-ring (bicyclic) bond motifs is 1. The number of hydrogen-bond acceptors (Lipinski definition) is 6. The van der Waals surface area contributed by atoms with Crippen LogP contribution in [-0.4, -0.2) is 72.3 Å². The summed E-state index contributed by atoms with van der Waals surface area (Å²) in [6.07, 6.45) is 1.99. The van der Waals surface area contributed by atoms with Crippen molar-refractivity contribution in [3.8, 4) is 11.1 Å². The van der Waals surface area contributed by atoms with Gasteiger partial charge in [0.15, 0.2) is 0 Å². The van der Waals surface area contributed by atoms with Gasteiger partial charge < -0.3 is 24.8 Å². The molecule has 2 aliphatic heterocycles. The lowest BCUT2D eigenvalue weighted by Crippen LogP contribution is -2.51. The van der Waals surface area contributed by atoms with Gasteiger partial charge in [0.2, 0.25) is 17.7 Å². The van der Waals surface area contributed by atoms with E-state index in [1.807, 2.05) is 68.1 Å². The number of anilines is 2. The van der Waals surface area contributed by atoms with E-state index >= 15 is 0 Å². The Balaban J connectivity index is 1.34. The average Bonchev–Trinajstić information content (AvgIpc) is 3.90. The predicted molar refractivity (Wildman–Crippen MR) is 189 cm³/mol. The topological polar surface area (TPSA) is 99.3 Å². The monoisotopic (exact) mass is 668 g/mol. The first-order chi connectivity index (χ1) is 23.0. The second kappa shape index (κ2) is 14.0. The van der Waals surface area contributed by atoms with Crippen molar-refractivity contribution in [3.05, 3.63) is 78.4 Å². The zero-order chi connectivity index (χ0) is 34.0. The van der Waals surface area contributed by atoms with Crippen molar-refractivity contribution < 1.29 is 23.9 Å². The number of thioether (sulfide) groups is 1. The number of nitrogens with zero attached hydrogens (tertiary/aromatic N) is 3. The lowest BCUT2D eigenvalue weighted by atomic mass is 9.79. The highest BCUT2D eigenvalue weighted by molar-refractivity contribution is 8.00. The molecule has 10 heteroatoms. The molecule has 1 saturated carbocycles. The number of likely N-dealkylation sites (tertiary alicyclic amines) is 1. The fraction of sp³-hybridized carbons (Fsp3) is 0.421. The zero-order valence-electron chi connectivity index (χ0n) is 28.1. The van der Waals surface area contributed by atoms with Gasteiger partial charge in [0.05, 0.1) is 17.4 Å². The van der Waals surface area contributed by atoms with E-state index in [0.717, 1.165) is 45.8 Å². The lowest BCUT2D eigenvalue weighted by molar-refractivity contribution is -0.125. The molecule has 4 amide bonds. The summed E-state index contributed by atoms with van der Waals surface area (Å²) < 4.78 is 5.76. The van der Waals surface area contributed by atoms with Crippen molar-refractivity contribution in [1.29, 1.82) is 0 Å². The molecule has 48 heavy (non-hydrogen) atoms. The first kappa shape index (κ1) is 33.6. The van der Waals surface area contributed by atoms with Gasteiger partial charge in [-0.2, -0.15) is 0 Å². The minimum atomic E-state index is -0.651. The summed E-state index contributed by atoms with van der Waals surface area (Å²) in [5, 5.41) is 2.79. The maximum absolute atomic E-state index is 14.9. The van der Waals surface area contributed by atoms with Crippen LogP contribution >= 0.6 is 11.8 Å². The molecular formula is C38H44N4O5S. The van der Waals surface area contributed by atoms with E-state index in [-0.39, 0.29) is 36.2 Å². The van der Waals surface area contributed by atoms with Crippen LogP contribution in [0.1, 0.15) is 58.4 Å². The average molecular weight is 669 g/mol. The van der Waals surface area contributed by atoms with E-state index in [0.29, 0.717) is 31.8 Å². The summed E-state index contributed by atoms with van der Waals surface area (Å²) in [4.78, 5) is 59.1. The number of amides is 4. The molecule has 2 atom stereocenters. The maximum Gasteiger partial charge on any atom is 0.410 e. The number of nitrogens with one attached hydrogen (secondary N) is 1. The van der Waals surface area contributed by atoms with E-state index in [2.05, 4.69) is 35.6 Å². The fourth-order valence-corrected chi connectivity index (χ4v) is 7.55. The Morgan fingerprint density at radius 3 is 2.42 bits per heavy atom. The number of benzene rings is 3. The molecule has 1 N–H and O–H groups in total. The van der Waals surface area contributed by atoms with Gasteiger partial charge in [-0.3, -0.25) is 14.4 Å². The molecule has 2 fully saturated rings. The van der Waals surface area contributed by atoms with Gasteiger partial charge in [0, 0.05) is 49.7 Å².